The molecule has 2 aromatic rings. The van der Waals surface area contributed by atoms with Gasteiger partial charge < -0.3 is 10.2 Å². The van der Waals surface area contributed by atoms with Crippen LogP contribution in [-0.4, -0.2) is 35.4 Å². The van der Waals surface area contributed by atoms with Gasteiger partial charge in [0.25, 0.3) is 0 Å². The Bertz CT molecular complexity index is 836. The van der Waals surface area contributed by atoms with Crippen molar-refractivity contribution in [2.75, 3.05) is 25.0 Å². The molecule has 152 valence electrons. The van der Waals surface area contributed by atoms with E-state index in [1.165, 1.54) is 5.56 Å². The molecule has 0 spiro atoms. The SMILES string of the molecule is CC1(C)CN(C(=O)CNc2nc(C(F)(F)F)cs2)CCC1c1ccc(Cl)cc1. The van der Waals surface area contributed by atoms with Crippen molar-refractivity contribution in [2.45, 2.75) is 32.4 Å². The standard InChI is InChI=1S/C19H21ClF3N3OS/c1-18(2)11-26(8-7-14(18)12-3-5-13(20)6-4-12)16(27)9-24-17-25-15(10-28-17)19(21,22)23/h3-6,10,14H,7-9,11H2,1-2H3,(H,24,25). The van der Waals surface area contributed by atoms with Gasteiger partial charge in [0.15, 0.2) is 10.8 Å². The van der Waals surface area contributed by atoms with E-state index in [0.29, 0.717) is 24.0 Å². The first-order valence-electron chi connectivity index (χ1n) is 8.86. The number of hydrogen-bond acceptors (Lipinski definition) is 4. The highest BCUT2D eigenvalue weighted by Crippen LogP contribution is 2.42. The van der Waals surface area contributed by atoms with Crippen LogP contribution in [0.15, 0.2) is 29.6 Å². The van der Waals surface area contributed by atoms with E-state index in [9.17, 15) is 18.0 Å². The number of carbonyl (C=O) groups excluding carboxylic acids is 1. The van der Waals surface area contributed by atoms with Crippen LogP contribution in [0.2, 0.25) is 5.02 Å². The number of rotatable bonds is 4. The summed E-state index contributed by atoms with van der Waals surface area (Å²) >= 11 is 6.81. The summed E-state index contributed by atoms with van der Waals surface area (Å²) in [7, 11) is 0. The number of piperidine rings is 1. The van der Waals surface area contributed by atoms with E-state index in [1.807, 2.05) is 24.3 Å². The molecule has 0 aliphatic carbocycles. The van der Waals surface area contributed by atoms with E-state index in [-0.39, 0.29) is 23.0 Å². The quantitative estimate of drug-likeness (QED) is 0.717. The summed E-state index contributed by atoms with van der Waals surface area (Å²) in [5, 5.41) is 4.43. The average molecular weight is 432 g/mol. The van der Waals surface area contributed by atoms with Gasteiger partial charge in [-0.05, 0) is 35.4 Å². The minimum Gasteiger partial charge on any atom is -0.352 e. The summed E-state index contributed by atoms with van der Waals surface area (Å²) in [5.74, 6) is 0.154. The van der Waals surface area contributed by atoms with Crippen molar-refractivity contribution in [1.29, 1.82) is 0 Å². The largest absolute Gasteiger partial charge is 0.434 e. The molecule has 0 radical (unpaired) electrons. The van der Waals surface area contributed by atoms with Gasteiger partial charge in [0.2, 0.25) is 5.91 Å². The Kier molecular flexibility index (Phi) is 5.91. The molecule has 9 heteroatoms. The molecule has 1 aromatic heterocycles. The molecule has 2 heterocycles. The van der Waals surface area contributed by atoms with Gasteiger partial charge in [0.1, 0.15) is 0 Å². The molecular formula is C19H21ClF3N3OS. The molecule has 4 nitrogen and oxygen atoms in total. The molecule has 0 bridgehead atoms. The van der Waals surface area contributed by atoms with E-state index in [1.54, 1.807) is 4.90 Å². The first-order valence-corrected chi connectivity index (χ1v) is 10.1. The second-order valence-electron chi connectivity index (χ2n) is 7.59. The lowest BCUT2D eigenvalue weighted by molar-refractivity contribution is -0.140. The molecular weight excluding hydrogens is 411 g/mol. The Balaban J connectivity index is 1.59. The fraction of sp³-hybridized carbons (Fsp3) is 0.474. The first kappa shape index (κ1) is 20.9. The molecule has 1 aromatic carbocycles. The number of thiazole rings is 1. The molecule has 1 N–H and O–H groups in total. The first-order chi connectivity index (χ1) is 13.1. The van der Waals surface area contributed by atoms with E-state index < -0.39 is 11.9 Å². The molecule has 1 unspecified atom stereocenters. The highest BCUT2D eigenvalue weighted by Gasteiger charge is 2.38. The summed E-state index contributed by atoms with van der Waals surface area (Å²) in [5.41, 5.74) is 0.117. The highest BCUT2D eigenvalue weighted by molar-refractivity contribution is 7.13. The molecule has 1 amide bonds. The third kappa shape index (κ3) is 4.78. The number of aromatic nitrogens is 1. The lowest BCUT2D eigenvalue weighted by Gasteiger charge is -2.44. The zero-order valence-corrected chi connectivity index (χ0v) is 17.1. The van der Waals surface area contributed by atoms with Crippen LogP contribution in [0.1, 0.15) is 37.4 Å². The molecule has 1 saturated heterocycles. The van der Waals surface area contributed by atoms with Crippen molar-refractivity contribution in [1.82, 2.24) is 9.88 Å². The minimum absolute atomic E-state index is 0.0769. The molecule has 1 aliphatic heterocycles. The number of alkyl halides is 3. The van der Waals surface area contributed by atoms with E-state index in [0.717, 1.165) is 23.1 Å². The summed E-state index contributed by atoms with van der Waals surface area (Å²) < 4.78 is 37.8. The number of likely N-dealkylation sites (tertiary alicyclic amines) is 1. The third-order valence-electron chi connectivity index (χ3n) is 5.04. The van der Waals surface area contributed by atoms with Crippen LogP contribution >= 0.6 is 22.9 Å². The van der Waals surface area contributed by atoms with Gasteiger partial charge in [-0.1, -0.05) is 37.6 Å². The number of amides is 1. The Labute approximate surface area is 170 Å². The van der Waals surface area contributed by atoms with Crippen LogP contribution in [0.25, 0.3) is 0 Å². The van der Waals surface area contributed by atoms with E-state index in [4.69, 9.17) is 11.6 Å². The Morgan fingerprint density at radius 1 is 1.36 bits per heavy atom. The predicted molar refractivity (Wildman–Crippen MR) is 105 cm³/mol. The van der Waals surface area contributed by atoms with Crippen LogP contribution in [0, 0.1) is 5.41 Å². The maximum atomic E-state index is 12.6. The average Bonchev–Trinajstić information content (AvgIpc) is 3.09. The summed E-state index contributed by atoms with van der Waals surface area (Å²) in [6.45, 7) is 5.34. The molecule has 3 rings (SSSR count). The maximum absolute atomic E-state index is 12.6. The normalized spacial score (nSPS) is 19.5. The van der Waals surface area contributed by atoms with Crippen molar-refractivity contribution in [3.05, 3.63) is 45.9 Å². The summed E-state index contributed by atoms with van der Waals surface area (Å²) in [6, 6.07) is 7.79. The van der Waals surface area contributed by atoms with Gasteiger partial charge in [-0.25, -0.2) is 4.98 Å². The van der Waals surface area contributed by atoms with Crippen LogP contribution in [-0.2, 0) is 11.0 Å². The Morgan fingerprint density at radius 3 is 2.61 bits per heavy atom. The number of hydrogen-bond donors (Lipinski definition) is 1. The Morgan fingerprint density at radius 2 is 2.04 bits per heavy atom. The van der Waals surface area contributed by atoms with Crippen LogP contribution in [0.5, 0.6) is 0 Å². The van der Waals surface area contributed by atoms with Crippen molar-refractivity contribution in [2.24, 2.45) is 5.41 Å². The van der Waals surface area contributed by atoms with Crippen molar-refractivity contribution in [3.8, 4) is 0 Å². The molecule has 1 fully saturated rings. The lowest BCUT2D eigenvalue weighted by atomic mass is 9.70. The number of nitrogens with one attached hydrogen (secondary N) is 1. The topological polar surface area (TPSA) is 45.2 Å². The second kappa shape index (κ2) is 7.91. The van der Waals surface area contributed by atoms with Gasteiger partial charge >= 0.3 is 6.18 Å². The van der Waals surface area contributed by atoms with Gasteiger partial charge in [-0.2, -0.15) is 13.2 Å². The van der Waals surface area contributed by atoms with Gasteiger partial charge in [0.05, 0.1) is 6.54 Å². The zero-order valence-electron chi connectivity index (χ0n) is 15.5. The van der Waals surface area contributed by atoms with Gasteiger partial charge in [0, 0.05) is 23.5 Å². The maximum Gasteiger partial charge on any atom is 0.434 e. The minimum atomic E-state index is -4.48. The summed E-state index contributed by atoms with van der Waals surface area (Å²) in [4.78, 5) is 17.8. The third-order valence-corrected chi connectivity index (χ3v) is 6.09. The number of halogens is 4. The number of benzene rings is 1. The highest BCUT2D eigenvalue weighted by atomic mass is 35.5. The van der Waals surface area contributed by atoms with E-state index >= 15 is 0 Å². The lowest BCUT2D eigenvalue weighted by Crippen LogP contribution is -2.48. The molecule has 0 saturated carbocycles. The molecule has 1 atom stereocenters. The van der Waals surface area contributed by atoms with Crippen molar-refractivity contribution in [3.63, 3.8) is 0 Å². The molecule has 28 heavy (non-hydrogen) atoms. The zero-order chi connectivity index (χ0) is 20.5. The monoisotopic (exact) mass is 431 g/mol. The number of carbonyl (C=O) groups is 1. The number of anilines is 1. The van der Waals surface area contributed by atoms with Gasteiger partial charge in [-0.15, -0.1) is 11.3 Å². The van der Waals surface area contributed by atoms with E-state index in [2.05, 4.69) is 24.1 Å². The fourth-order valence-corrected chi connectivity index (χ4v) is 4.47. The van der Waals surface area contributed by atoms with Gasteiger partial charge in [-0.3, -0.25) is 4.79 Å². The molecule has 1 aliphatic rings. The predicted octanol–water partition coefficient (Wildman–Crippen LogP) is 5.27. The van der Waals surface area contributed by atoms with Crippen LogP contribution in [0.3, 0.4) is 0 Å². The van der Waals surface area contributed by atoms with Crippen LogP contribution in [0.4, 0.5) is 18.3 Å². The van der Waals surface area contributed by atoms with Crippen molar-refractivity contribution < 1.29 is 18.0 Å². The van der Waals surface area contributed by atoms with Crippen LogP contribution < -0.4 is 5.32 Å². The smallest absolute Gasteiger partial charge is 0.352 e. The van der Waals surface area contributed by atoms with Crippen molar-refractivity contribution >= 4 is 34.0 Å². The Hall–Kier alpha value is -1.80. The summed E-state index contributed by atoms with van der Waals surface area (Å²) in [6.07, 6.45) is -3.66. The fourth-order valence-electron chi connectivity index (χ4n) is 3.63. The number of nitrogens with zero attached hydrogens (tertiary/aromatic N) is 2. The second-order valence-corrected chi connectivity index (χ2v) is 8.88.